The van der Waals surface area contributed by atoms with Crippen LogP contribution in [0.4, 0.5) is 0 Å². The first-order chi connectivity index (χ1) is 7.03. The summed E-state index contributed by atoms with van der Waals surface area (Å²) in [5.41, 5.74) is 5.92. The van der Waals surface area contributed by atoms with Crippen molar-refractivity contribution in [3.05, 3.63) is 20.8 Å². The number of rotatable bonds is 6. The van der Waals surface area contributed by atoms with Gasteiger partial charge in [-0.2, -0.15) is 0 Å². The van der Waals surface area contributed by atoms with Gasteiger partial charge in [0.2, 0.25) is 0 Å². The molecule has 1 heterocycles. The van der Waals surface area contributed by atoms with E-state index in [2.05, 4.69) is 47.2 Å². The molecule has 1 aromatic heterocycles. The highest BCUT2D eigenvalue weighted by molar-refractivity contribution is 9.11. The van der Waals surface area contributed by atoms with E-state index in [0.29, 0.717) is 0 Å². The average molecular weight is 291 g/mol. The van der Waals surface area contributed by atoms with Crippen molar-refractivity contribution in [3.63, 3.8) is 0 Å². The van der Waals surface area contributed by atoms with Crippen LogP contribution in [0.1, 0.15) is 25.1 Å². The van der Waals surface area contributed by atoms with E-state index in [1.165, 1.54) is 8.66 Å². The minimum Gasteiger partial charge on any atom is -0.330 e. The maximum atomic E-state index is 5.67. The van der Waals surface area contributed by atoms with Gasteiger partial charge in [0.25, 0.3) is 0 Å². The Morgan fingerprint density at radius 2 is 2.20 bits per heavy atom. The summed E-state index contributed by atoms with van der Waals surface area (Å²) in [6, 6.07) is 4.24. The Morgan fingerprint density at radius 1 is 1.47 bits per heavy atom. The summed E-state index contributed by atoms with van der Waals surface area (Å²) in [7, 11) is 0. The van der Waals surface area contributed by atoms with Gasteiger partial charge in [-0.05, 0) is 53.0 Å². The predicted octanol–water partition coefficient (Wildman–Crippen LogP) is 2.98. The molecule has 0 aliphatic carbocycles. The molecule has 86 valence electrons. The SMILES string of the molecule is CC(C)(CN)CCNCc1ccc(Br)s1. The van der Waals surface area contributed by atoms with Crippen molar-refractivity contribution in [2.24, 2.45) is 11.1 Å². The molecule has 0 saturated carbocycles. The zero-order valence-corrected chi connectivity index (χ0v) is 11.7. The van der Waals surface area contributed by atoms with Crippen molar-refractivity contribution in [1.82, 2.24) is 5.32 Å². The molecule has 0 fully saturated rings. The Morgan fingerprint density at radius 3 is 2.73 bits per heavy atom. The van der Waals surface area contributed by atoms with Crippen molar-refractivity contribution in [1.29, 1.82) is 0 Å². The number of halogens is 1. The van der Waals surface area contributed by atoms with Crippen LogP contribution >= 0.6 is 27.3 Å². The molecule has 0 bridgehead atoms. The predicted molar refractivity (Wildman–Crippen MR) is 71.2 cm³/mol. The van der Waals surface area contributed by atoms with E-state index in [1.807, 2.05) is 0 Å². The first-order valence-electron chi connectivity index (χ1n) is 5.18. The zero-order chi connectivity index (χ0) is 11.3. The van der Waals surface area contributed by atoms with E-state index < -0.39 is 0 Å². The van der Waals surface area contributed by atoms with E-state index in [9.17, 15) is 0 Å². The fourth-order valence-corrected chi connectivity index (χ4v) is 2.64. The summed E-state index contributed by atoms with van der Waals surface area (Å²) < 4.78 is 1.20. The second kappa shape index (κ2) is 5.99. The standard InChI is InChI=1S/C11H19BrN2S/c1-11(2,8-13)5-6-14-7-9-3-4-10(12)15-9/h3-4,14H,5-8,13H2,1-2H3. The molecule has 3 N–H and O–H groups in total. The molecular formula is C11H19BrN2S. The van der Waals surface area contributed by atoms with Gasteiger partial charge < -0.3 is 11.1 Å². The molecular weight excluding hydrogens is 272 g/mol. The largest absolute Gasteiger partial charge is 0.330 e. The van der Waals surface area contributed by atoms with E-state index in [0.717, 1.165) is 26.1 Å². The van der Waals surface area contributed by atoms with Crippen LogP contribution in [0.5, 0.6) is 0 Å². The Kier molecular flexibility index (Phi) is 5.26. The number of thiophene rings is 1. The van der Waals surface area contributed by atoms with Crippen LogP contribution in [0.25, 0.3) is 0 Å². The number of nitrogens with two attached hydrogens (primary N) is 1. The third-order valence-electron chi connectivity index (χ3n) is 2.46. The fourth-order valence-electron chi connectivity index (χ4n) is 1.19. The van der Waals surface area contributed by atoms with Gasteiger partial charge in [-0.1, -0.05) is 13.8 Å². The molecule has 0 aliphatic rings. The van der Waals surface area contributed by atoms with Crippen molar-refractivity contribution < 1.29 is 0 Å². The van der Waals surface area contributed by atoms with Gasteiger partial charge in [-0.25, -0.2) is 0 Å². The second-order valence-electron chi connectivity index (χ2n) is 4.50. The molecule has 1 aromatic rings. The van der Waals surface area contributed by atoms with E-state index in [-0.39, 0.29) is 5.41 Å². The summed E-state index contributed by atoms with van der Waals surface area (Å²) in [6.07, 6.45) is 1.12. The molecule has 0 aliphatic heterocycles. The molecule has 0 amide bonds. The minimum absolute atomic E-state index is 0.253. The third kappa shape index (κ3) is 5.11. The maximum absolute atomic E-state index is 5.67. The van der Waals surface area contributed by atoms with Gasteiger partial charge in [0.1, 0.15) is 0 Å². The average Bonchev–Trinajstić information content (AvgIpc) is 2.59. The highest BCUT2D eigenvalue weighted by Gasteiger charge is 2.14. The number of hydrogen-bond donors (Lipinski definition) is 2. The number of hydrogen-bond acceptors (Lipinski definition) is 3. The molecule has 0 aromatic carbocycles. The van der Waals surface area contributed by atoms with E-state index >= 15 is 0 Å². The van der Waals surface area contributed by atoms with Crippen LogP contribution in [0.2, 0.25) is 0 Å². The first-order valence-corrected chi connectivity index (χ1v) is 6.79. The van der Waals surface area contributed by atoms with Gasteiger partial charge in [0.05, 0.1) is 3.79 Å². The van der Waals surface area contributed by atoms with Crippen LogP contribution in [0.3, 0.4) is 0 Å². The Bertz CT molecular complexity index is 297. The van der Waals surface area contributed by atoms with Gasteiger partial charge >= 0.3 is 0 Å². The van der Waals surface area contributed by atoms with Crippen LogP contribution < -0.4 is 11.1 Å². The van der Waals surface area contributed by atoms with Crippen LogP contribution in [0.15, 0.2) is 15.9 Å². The molecule has 0 atom stereocenters. The quantitative estimate of drug-likeness (QED) is 0.791. The Labute approximate surface area is 104 Å². The van der Waals surface area contributed by atoms with Gasteiger partial charge in [0.15, 0.2) is 0 Å². The minimum atomic E-state index is 0.253. The molecule has 0 unspecified atom stereocenters. The summed E-state index contributed by atoms with van der Waals surface area (Å²) >= 11 is 5.24. The number of nitrogens with one attached hydrogen (secondary N) is 1. The molecule has 0 spiro atoms. The Balaban J connectivity index is 2.17. The first kappa shape index (κ1) is 13.2. The lowest BCUT2D eigenvalue weighted by Gasteiger charge is -2.22. The summed E-state index contributed by atoms with van der Waals surface area (Å²) in [5, 5.41) is 3.44. The summed E-state index contributed by atoms with van der Waals surface area (Å²) in [6.45, 7) is 7.14. The normalized spacial score (nSPS) is 12.0. The Hall–Kier alpha value is 0.1000. The van der Waals surface area contributed by atoms with Crippen LogP contribution in [-0.2, 0) is 6.54 Å². The van der Waals surface area contributed by atoms with Crippen LogP contribution in [0, 0.1) is 5.41 Å². The molecule has 4 heteroatoms. The highest BCUT2D eigenvalue weighted by atomic mass is 79.9. The van der Waals surface area contributed by atoms with Crippen molar-refractivity contribution >= 4 is 27.3 Å². The monoisotopic (exact) mass is 290 g/mol. The highest BCUT2D eigenvalue weighted by Crippen LogP contribution is 2.22. The molecule has 0 saturated heterocycles. The van der Waals surface area contributed by atoms with Crippen LogP contribution in [-0.4, -0.2) is 13.1 Å². The second-order valence-corrected chi connectivity index (χ2v) is 7.05. The fraction of sp³-hybridized carbons (Fsp3) is 0.636. The van der Waals surface area contributed by atoms with E-state index in [1.54, 1.807) is 11.3 Å². The molecule has 0 radical (unpaired) electrons. The summed E-state index contributed by atoms with van der Waals surface area (Å²) in [5.74, 6) is 0. The molecule has 15 heavy (non-hydrogen) atoms. The van der Waals surface area contributed by atoms with Gasteiger partial charge in [0, 0.05) is 11.4 Å². The van der Waals surface area contributed by atoms with E-state index in [4.69, 9.17) is 5.73 Å². The van der Waals surface area contributed by atoms with Crippen molar-refractivity contribution in [2.45, 2.75) is 26.8 Å². The topological polar surface area (TPSA) is 38.0 Å². The lowest BCUT2D eigenvalue weighted by atomic mass is 9.90. The zero-order valence-electron chi connectivity index (χ0n) is 9.35. The summed E-state index contributed by atoms with van der Waals surface area (Å²) in [4.78, 5) is 1.37. The third-order valence-corrected chi connectivity index (χ3v) is 4.08. The van der Waals surface area contributed by atoms with Gasteiger partial charge in [-0.15, -0.1) is 11.3 Å². The molecule has 2 nitrogen and oxygen atoms in total. The lowest BCUT2D eigenvalue weighted by Crippen LogP contribution is -2.28. The molecule has 1 rings (SSSR count). The maximum Gasteiger partial charge on any atom is 0.0701 e. The van der Waals surface area contributed by atoms with Crippen molar-refractivity contribution in [3.8, 4) is 0 Å². The van der Waals surface area contributed by atoms with Gasteiger partial charge in [-0.3, -0.25) is 0 Å². The van der Waals surface area contributed by atoms with Crippen molar-refractivity contribution in [2.75, 3.05) is 13.1 Å². The lowest BCUT2D eigenvalue weighted by molar-refractivity contribution is 0.339. The smallest absolute Gasteiger partial charge is 0.0701 e.